The van der Waals surface area contributed by atoms with Gasteiger partial charge in [0.25, 0.3) is 0 Å². The van der Waals surface area contributed by atoms with E-state index in [-0.39, 0.29) is 17.9 Å². The van der Waals surface area contributed by atoms with Gasteiger partial charge in [0.1, 0.15) is 0 Å². The SMILES string of the molecule is CCC1CC(=O)N(Cc2ccc(NS(C)(=O)=O)cc2)N=C1c1ccc(OC)c(OC2CCCC2)c1. The Morgan fingerprint density at radius 3 is 2.43 bits per heavy atom. The first-order chi connectivity index (χ1) is 16.8. The van der Waals surface area contributed by atoms with Gasteiger partial charge in [0.05, 0.1) is 31.7 Å². The van der Waals surface area contributed by atoms with Gasteiger partial charge in [0.2, 0.25) is 15.9 Å². The fourth-order valence-electron chi connectivity index (χ4n) is 4.61. The molecular formula is C26H33N3O5S. The molecule has 1 heterocycles. The number of nitrogens with one attached hydrogen (secondary N) is 1. The van der Waals surface area contributed by atoms with Gasteiger partial charge in [-0.2, -0.15) is 5.10 Å². The van der Waals surface area contributed by atoms with E-state index in [1.165, 1.54) is 17.9 Å². The van der Waals surface area contributed by atoms with E-state index in [9.17, 15) is 13.2 Å². The van der Waals surface area contributed by atoms with E-state index in [1.807, 2.05) is 18.2 Å². The molecule has 1 amide bonds. The lowest BCUT2D eigenvalue weighted by molar-refractivity contribution is -0.133. The molecule has 1 aliphatic carbocycles. The first-order valence-corrected chi connectivity index (χ1v) is 14.0. The summed E-state index contributed by atoms with van der Waals surface area (Å²) in [6.07, 6.45) is 6.95. The van der Waals surface area contributed by atoms with Crippen LogP contribution in [0.5, 0.6) is 11.5 Å². The number of nitrogens with zero attached hydrogens (tertiary/aromatic N) is 2. The molecule has 1 atom stereocenters. The predicted octanol–water partition coefficient (Wildman–Crippen LogP) is 4.55. The maximum atomic E-state index is 12.9. The molecule has 4 rings (SSSR count). The topological polar surface area (TPSA) is 97.3 Å². The molecule has 0 bridgehead atoms. The summed E-state index contributed by atoms with van der Waals surface area (Å²) < 4.78 is 37.1. The third kappa shape index (κ3) is 6.33. The highest BCUT2D eigenvalue weighted by Crippen LogP contribution is 2.34. The smallest absolute Gasteiger partial charge is 0.243 e. The Morgan fingerprint density at radius 1 is 1.09 bits per heavy atom. The van der Waals surface area contributed by atoms with Crippen molar-refractivity contribution in [2.45, 2.75) is 58.1 Å². The molecule has 35 heavy (non-hydrogen) atoms. The van der Waals surface area contributed by atoms with Crippen LogP contribution in [-0.2, 0) is 21.4 Å². The van der Waals surface area contributed by atoms with Crippen LogP contribution in [0.25, 0.3) is 0 Å². The lowest BCUT2D eigenvalue weighted by atomic mass is 9.89. The number of amides is 1. The van der Waals surface area contributed by atoms with Crippen LogP contribution in [0.1, 0.15) is 56.6 Å². The van der Waals surface area contributed by atoms with Crippen molar-refractivity contribution < 1.29 is 22.7 Å². The van der Waals surface area contributed by atoms with Gasteiger partial charge >= 0.3 is 0 Å². The summed E-state index contributed by atoms with van der Waals surface area (Å²) in [6, 6.07) is 12.8. The number of sulfonamides is 1. The molecule has 1 fully saturated rings. The third-order valence-electron chi connectivity index (χ3n) is 6.46. The molecule has 9 heteroatoms. The number of methoxy groups -OCH3 is 1. The van der Waals surface area contributed by atoms with E-state index in [0.29, 0.717) is 30.2 Å². The van der Waals surface area contributed by atoms with Crippen molar-refractivity contribution in [2.75, 3.05) is 18.1 Å². The molecule has 8 nitrogen and oxygen atoms in total. The molecule has 1 aliphatic heterocycles. The molecule has 0 radical (unpaired) electrons. The van der Waals surface area contributed by atoms with Crippen LogP contribution >= 0.6 is 0 Å². The van der Waals surface area contributed by atoms with Crippen LogP contribution in [0.3, 0.4) is 0 Å². The second-order valence-corrected chi connectivity index (χ2v) is 11.0. The zero-order chi connectivity index (χ0) is 25.0. The summed E-state index contributed by atoms with van der Waals surface area (Å²) in [5, 5.41) is 6.29. The number of hydrazone groups is 1. The molecule has 0 spiro atoms. The summed E-state index contributed by atoms with van der Waals surface area (Å²) in [5.74, 6) is 1.40. The normalized spacial score (nSPS) is 18.9. The van der Waals surface area contributed by atoms with Gasteiger partial charge < -0.3 is 9.47 Å². The Hall–Kier alpha value is -3.07. The predicted molar refractivity (Wildman–Crippen MR) is 136 cm³/mol. The number of ether oxygens (including phenoxy) is 2. The molecule has 1 N–H and O–H groups in total. The lowest BCUT2D eigenvalue weighted by Crippen LogP contribution is -2.36. The number of hydrogen-bond acceptors (Lipinski definition) is 6. The summed E-state index contributed by atoms with van der Waals surface area (Å²) >= 11 is 0. The van der Waals surface area contributed by atoms with Crippen molar-refractivity contribution in [3.8, 4) is 11.5 Å². The Bertz CT molecular complexity index is 1190. The second-order valence-electron chi connectivity index (χ2n) is 9.21. The first-order valence-electron chi connectivity index (χ1n) is 12.1. The average Bonchev–Trinajstić information content (AvgIpc) is 3.33. The van der Waals surface area contributed by atoms with Gasteiger partial charge in [0, 0.05) is 23.6 Å². The van der Waals surface area contributed by atoms with Gasteiger partial charge in [-0.15, -0.1) is 0 Å². The van der Waals surface area contributed by atoms with Crippen molar-refractivity contribution in [2.24, 2.45) is 11.0 Å². The van der Waals surface area contributed by atoms with Gasteiger partial charge in [-0.1, -0.05) is 19.1 Å². The molecule has 2 aromatic rings. The monoisotopic (exact) mass is 499 g/mol. The van der Waals surface area contributed by atoms with E-state index in [2.05, 4.69) is 11.6 Å². The van der Waals surface area contributed by atoms with Crippen LogP contribution in [-0.4, -0.2) is 44.5 Å². The molecule has 0 saturated heterocycles. The minimum atomic E-state index is -3.35. The number of rotatable bonds is 9. The second kappa shape index (κ2) is 10.7. The standard InChI is InChI=1S/C26H33N3O5S/c1-4-19-16-25(30)29(17-18-9-12-21(13-10-18)28-35(3,31)32)27-26(19)20-11-14-23(33-2)24(15-20)34-22-7-5-6-8-22/h9-15,19,22,28H,4-8,16-17H2,1-3H3. The van der Waals surface area contributed by atoms with Crippen LogP contribution in [0, 0.1) is 5.92 Å². The Balaban J connectivity index is 1.59. The zero-order valence-corrected chi connectivity index (χ0v) is 21.3. The number of benzene rings is 2. The van der Waals surface area contributed by atoms with E-state index < -0.39 is 10.0 Å². The van der Waals surface area contributed by atoms with Gasteiger partial charge in [-0.3, -0.25) is 9.52 Å². The largest absolute Gasteiger partial charge is 0.493 e. The highest BCUT2D eigenvalue weighted by atomic mass is 32.2. The summed E-state index contributed by atoms with van der Waals surface area (Å²) in [7, 11) is -1.71. The maximum Gasteiger partial charge on any atom is 0.243 e. The van der Waals surface area contributed by atoms with Gasteiger partial charge in [-0.25, -0.2) is 13.4 Å². The number of hydrogen-bond donors (Lipinski definition) is 1. The fourth-order valence-corrected chi connectivity index (χ4v) is 5.18. The van der Waals surface area contributed by atoms with Crippen LogP contribution in [0.4, 0.5) is 5.69 Å². The van der Waals surface area contributed by atoms with Crippen LogP contribution in [0.15, 0.2) is 47.6 Å². The highest BCUT2D eigenvalue weighted by Gasteiger charge is 2.30. The summed E-state index contributed by atoms with van der Waals surface area (Å²) in [6.45, 7) is 2.37. The number of anilines is 1. The van der Waals surface area contributed by atoms with Gasteiger partial charge in [0.15, 0.2) is 11.5 Å². The molecule has 1 saturated carbocycles. The van der Waals surface area contributed by atoms with Crippen LogP contribution in [0.2, 0.25) is 0 Å². The quantitative estimate of drug-likeness (QED) is 0.546. The fraction of sp³-hybridized carbons (Fsp3) is 0.462. The minimum absolute atomic E-state index is 0.0211. The molecule has 2 aliphatic rings. The van der Waals surface area contributed by atoms with Crippen molar-refractivity contribution in [3.63, 3.8) is 0 Å². The van der Waals surface area contributed by atoms with E-state index >= 15 is 0 Å². The third-order valence-corrected chi connectivity index (χ3v) is 7.07. The Kier molecular flexibility index (Phi) is 7.64. The van der Waals surface area contributed by atoms with E-state index in [1.54, 1.807) is 31.4 Å². The molecule has 0 aromatic heterocycles. The highest BCUT2D eigenvalue weighted by molar-refractivity contribution is 7.92. The van der Waals surface area contributed by atoms with Crippen LogP contribution < -0.4 is 14.2 Å². The molecule has 188 valence electrons. The van der Waals surface area contributed by atoms with E-state index in [4.69, 9.17) is 14.6 Å². The van der Waals surface area contributed by atoms with Crippen molar-refractivity contribution >= 4 is 27.3 Å². The Labute approximate surface area is 207 Å². The number of carbonyl (C=O) groups is 1. The lowest BCUT2D eigenvalue weighted by Gasteiger charge is -2.29. The Morgan fingerprint density at radius 2 is 1.80 bits per heavy atom. The maximum absolute atomic E-state index is 12.9. The van der Waals surface area contributed by atoms with Crippen molar-refractivity contribution in [1.82, 2.24) is 5.01 Å². The summed E-state index contributed by atoms with van der Waals surface area (Å²) in [5.41, 5.74) is 3.12. The van der Waals surface area contributed by atoms with E-state index in [0.717, 1.165) is 42.4 Å². The zero-order valence-electron chi connectivity index (χ0n) is 20.5. The van der Waals surface area contributed by atoms with Gasteiger partial charge in [-0.05, 0) is 68.0 Å². The molecular weight excluding hydrogens is 466 g/mol. The van der Waals surface area contributed by atoms with Crippen molar-refractivity contribution in [1.29, 1.82) is 0 Å². The molecule has 2 aromatic carbocycles. The summed E-state index contributed by atoms with van der Waals surface area (Å²) in [4.78, 5) is 12.9. The minimum Gasteiger partial charge on any atom is -0.493 e. The first kappa shape index (κ1) is 25.0. The average molecular weight is 500 g/mol. The molecule has 1 unspecified atom stereocenters. The number of carbonyl (C=O) groups excluding carboxylic acids is 1. The van der Waals surface area contributed by atoms with Crippen molar-refractivity contribution in [3.05, 3.63) is 53.6 Å².